The predicted octanol–water partition coefficient (Wildman–Crippen LogP) is 3.60. The smallest absolute Gasteiger partial charge is 0.277 e. The molecule has 0 fully saturated rings. The Bertz CT molecular complexity index is 623. The molecule has 0 spiro atoms. The normalized spacial score (nSPS) is 10.8. The number of benzene rings is 1. The number of carbonyl (C=O) groups excluding carboxylic acids is 1. The Balaban J connectivity index is 1.75. The summed E-state index contributed by atoms with van der Waals surface area (Å²) >= 11 is 4.89. The first-order valence-corrected chi connectivity index (χ1v) is 8.12. The molecule has 1 amide bonds. The van der Waals surface area contributed by atoms with E-state index in [9.17, 15) is 4.79 Å². The number of amides is 1. The zero-order valence-electron chi connectivity index (χ0n) is 11.5. The number of aryl methyl sites for hydroxylation is 1. The van der Waals surface area contributed by atoms with Crippen LogP contribution in [-0.2, 0) is 11.2 Å². The number of nitrogens with one attached hydrogen (secondary N) is 1. The van der Waals surface area contributed by atoms with Crippen molar-refractivity contribution in [3.8, 4) is 5.75 Å². The molecule has 0 aliphatic heterocycles. The van der Waals surface area contributed by atoms with E-state index in [0.717, 1.165) is 15.8 Å². The van der Waals surface area contributed by atoms with Gasteiger partial charge in [0.15, 0.2) is 6.61 Å². The summed E-state index contributed by atoms with van der Waals surface area (Å²) in [5.41, 5.74) is 3.66. The fraction of sp³-hybridized carbons (Fsp3) is 0.200. The Morgan fingerprint density at radius 2 is 2.19 bits per heavy atom. The van der Waals surface area contributed by atoms with Gasteiger partial charge in [-0.25, -0.2) is 5.43 Å². The second kappa shape index (κ2) is 7.95. The fourth-order valence-electron chi connectivity index (χ4n) is 1.57. The van der Waals surface area contributed by atoms with Gasteiger partial charge in [0.05, 0.1) is 6.21 Å². The van der Waals surface area contributed by atoms with E-state index in [1.807, 2.05) is 35.7 Å². The van der Waals surface area contributed by atoms with E-state index >= 15 is 0 Å². The Kier molecular flexibility index (Phi) is 5.95. The molecule has 0 saturated carbocycles. The second-order valence-corrected chi connectivity index (χ2v) is 6.11. The summed E-state index contributed by atoms with van der Waals surface area (Å²) in [5, 5.41) is 5.83. The average molecular weight is 367 g/mol. The van der Waals surface area contributed by atoms with Crippen molar-refractivity contribution in [3.63, 3.8) is 0 Å². The van der Waals surface area contributed by atoms with E-state index in [4.69, 9.17) is 4.74 Å². The van der Waals surface area contributed by atoms with Crippen LogP contribution in [0.15, 0.2) is 45.3 Å². The summed E-state index contributed by atoms with van der Waals surface area (Å²) in [7, 11) is 0. The van der Waals surface area contributed by atoms with Crippen molar-refractivity contribution < 1.29 is 9.53 Å². The molecule has 1 heterocycles. The molecule has 0 aliphatic rings. The molecule has 21 heavy (non-hydrogen) atoms. The fourth-order valence-corrected chi connectivity index (χ4v) is 2.87. The van der Waals surface area contributed by atoms with Crippen LogP contribution in [0.4, 0.5) is 0 Å². The van der Waals surface area contributed by atoms with Crippen LogP contribution >= 0.6 is 27.3 Å². The largest absolute Gasteiger partial charge is 0.484 e. The van der Waals surface area contributed by atoms with Gasteiger partial charge in [-0.1, -0.05) is 19.1 Å². The van der Waals surface area contributed by atoms with Crippen LogP contribution in [0.25, 0.3) is 0 Å². The van der Waals surface area contributed by atoms with Crippen molar-refractivity contribution in [3.05, 3.63) is 50.6 Å². The van der Waals surface area contributed by atoms with Crippen LogP contribution in [0.3, 0.4) is 0 Å². The number of thiophene rings is 1. The van der Waals surface area contributed by atoms with E-state index in [2.05, 4.69) is 33.4 Å². The maximum atomic E-state index is 11.6. The van der Waals surface area contributed by atoms with Gasteiger partial charge < -0.3 is 4.74 Å². The number of carbonyl (C=O) groups is 1. The van der Waals surface area contributed by atoms with Crippen LogP contribution in [0, 0.1) is 0 Å². The third-order valence-corrected chi connectivity index (χ3v) is 4.30. The molecule has 6 heteroatoms. The van der Waals surface area contributed by atoms with Crippen LogP contribution < -0.4 is 10.2 Å². The highest BCUT2D eigenvalue weighted by atomic mass is 79.9. The average Bonchev–Trinajstić information content (AvgIpc) is 2.91. The van der Waals surface area contributed by atoms with Gasteiger partial charge in [0.2, 0.25) is 0 Å². The lowest BCUT2D eigenvalue weighted by Gasteiger charge is -2.05. The molecular weight excluding hydrogens is 352 g/mol. The summed E-state index contributed by atoms with van der Waals surface area (Å²) in [6.07, 6.45) is 2.58. The minimum absolute atomic E-state index is 0.0586. The second-order valence-electron chi connectivity index (χ2n) is 4.25. The molecule has 1 N–H and O–H groups in total. The highest BCUT2D eigenvalue weighted by Gasteiger charge is 2.01. The van der Waals surface area contributed by atoms with Gasteiger partial charge >= 0.3 is 0 Å². The van der Waals surface area contributed by atoms with Gasteiger partial charge in [0, 0.05) is 14.7 Å². The number of halogens is 1. The molecule has 0 aliphatic carbocycles. The number of hydrogen-bond donors (Lipinski definition) is 1. The molecule has 0 radical (unpaired) electrons. The third kappa shape index (κ3) is 5.32. The standard InChI is InChI=1S/C15H15BrN2O2S/c1-2-11-3-5-13(6-4-11)20-9-15(19)18-17-8-14-7-12(16)10-21-14/h3-8,10H,2,9H2,1H3,(H,18,19)/b17-8-. The maximum absolute atomic E-state index is 11.6. The van der Waals surface area contributed by atoms with E-state index in [1.165, 1.54) is 16.9 Å². The maximum Gasteiger partial charge on any atom is 0.277 e. The van der Waals surface area contributed by atoms with E-state index in [0.29, 0.717) is 5.75 Å². The quantitative estimate of drug-likeness (QED) is 0.627. The Morgan fingerprint density at radius 3 is 2.81 bits per heavy atom. The molecule has 1 aromatic carbocycles. The minimum Gasteiger partial charge on any atom is -0.484 e. The summed E-state index contributed by atoms with van der Waals surface area (Å²) < 4.78 is 6.38. The lowest BCUT2D eigenvalue weighted by molar-refractivity contribution is -0.123. The molecule has 0 bridgehead atoms. The van der Waals surface area contributed by atoms with Gasteiger partial charge in [-0.2, -0.15) is 5.10 Å². The first-order chi connectivity index (χ1) is 10.2. The molecule has 110 valence electrons. The summed E-state index contributed by atoms with van der Waals surface area (Å²) in [6, 6.07) is 9.61. The highest BCUT2D eigenvalue weighted by Crippen LogP contribution is 2.17. The van der Waals surface area contributed by atoms with Crippen molar-refractivity contribution in [1.82, 2.24) is 5.43 Å². The van der Waals surface area contributed by atoms with Crippen molar-refractivity contribution in [2.45, 2.75) is 13.3 Å². The van der Waals surface area contributed by atoms with Crippen LogP contribution in [0.5, 0.6) is 5.75 Å². The van der Waals surface area contributed by atoms with Gasteiger partial charge in [0.1, 0.15) is 5.75 Å². The predicted molar refractivity (Wildman–Crippen MR) is 89.1 cm³/mol. The highest BCUT2D eigenvalue weighted by molar-refractivity contribution is 9.10. The summed E-state index contributed by atoms with van der Waals surface area (Å²) in [4.78, 5) is 12.5. The monoisotopic (exact) mass is 366 g/mol. The SMILES string of the molecule is CCc1ccc(OCC(=O)N/N=C\c2cc(Br)cs2)cc1. The molecule has 2 aromatic rings. The van der Waals surface area contributed by atoms with Gasteiger partial charge in [-0.3, -0.25) is 4.79 Å². The third-order valence-electron chi connectivity index (χ3n) is 2.67. The number of hydrogen-bond acceptors (Lipinski definition) is 4. The van der Waals surface area contributed by atoms with Crippen LogP contribution in [0.1, 0.15) is 17.4 Å². The number of ether oxygens (including phenoxy) is 1. The van der Waals surface area contributed by atoms with E-state index in [1.54, 1.807) is 6.21 Å². The molecule has 0 saturated heterocycles. The minimum atomic E-state index is -0.290. The lowest BCUT2D eigenvalue weighted by Crippen LogP contribution is -2.24. The van der Waals surface area contributed by atoms with Crippen molar-refractivity contribution in [1.29, 1.82) is 0 Å². The zero-order chi connectivity index (χ0) is 15.1. The molecule has 0 atom stereocenters. The van der Waals surface area contributed by atoms with Gasteiger partial charge in [-0.15, -0.1) is 11.3 Å². The molecule has 2 rings (SSSR count). The summed E-state index contributed by atoms with van der Waals surface area (Å²) in [6.45, 7) is 2.03. The van der Waals surface area contributed by atoms with Gasteiger partial charge in [-0.05, 0) is 46.1 Å². The Morgan fingerprint density at radius 1 is 1.43 bits per heavy atom. The number of rotatable bonds is 6. The summed E-state index contributed by atoms with van der Waals surface area (Å²) in [5.74, 6) is 0.384. The topological polar surface area (TPSA) is 50.7 Å². The van der Waals surface area contributed by atoms with Gasteiger partial charge in [0.25, 0.3) is 5.91 Å². The van der Waals surface area contributed by atoms with Crippen molar-refractivity contribution in [2.75, 3.05) is 6.61 Å². The molecule has 4 nitrogen and oxygen atoms in total. The number of nitrogens with zero attached hydrogens (tertiary/aromatic N) is 1. The van der Waals surface area contributed by atoms with Crippen LogP contribution in [-0.4, -0.2) is 18.7 Å². The van der Waals surface area contributed by atoms with Crippen LogP contribution in [0.2, 0.25) is 0 Å². The number of hydrazone groups is 1. The zero-order valence-corrected chi connectivity index (χ0v) is 13.9. The van der Waals surface area contributed by atoms with Crippen molar-refractivity contribution >= 4 is 39.4 Å². The molecule has 0 unspecified atom stereocenters. The first-order valence-electron chi connectivity index (χ1n) is 6.45. The van der Waals surface area contributed by atoms with Crippen molar-refractivity contribution in [2.24, 2.45) is 5.10 Å². The molecular formula is C15H15BrN2O2S. The first kappa shape index (κ1) is 15.7. The van der Waals surface area contributed by atoms with E-state index in [-0.39, 0.29) is 12.5 Å². The molecule has 1 aromatic heterocycles. The Hall–Kier alpha value is -1.66. The lowest BCUT2D eigenvalue weighted by atomic mass is 10.2. The Labute approximate surface area is 136 Å². The van der Waals surface area contributed by atoms with E-state index < -0.39 is 0 Å².